The average Bonchev–Trinajstić information content (AvgIpc) is 2.78. The summed E-state index contributed by atoms with van der Waals surface area (Å²) in [6, 6.07) is 0. The summed E-state index contributed by atoms with van der Waals surface area (Å²) < 4.78 is 0. The Bertz CT molecular complexity index is 272. The Kier molecular flexibility index (Phi) is 3.92. The molecular weight excluding hydrogens is 212 g/mol. The number of rotatable bonds is 2. The summed E-state index contributed by atoms with van der Waals surface area (Å²) in [5.74, 6) is 1.81. The van der Waals surface area contributed by atoms with Crippen molar-refractivity contribution in [3.63, 3.8) is 0 Å². The molecule has 0 spiro atoms. The highest BCUT2D eigenvalue weighted by atomic mass is 15.2. The molecule has 2 rings (SSSR count). The number of guanidine groups is 1. The number of piperidine rings is 1. The summed E-state index contributed by atoms with van der Waals surface area (Å²) in [5, 5.41) is 6.68. The first-order chi connectivity index (χ1) is 8.05. The van der Waals surface area contributed by atoms with Crippen molar-refractivity contribution in [2.45, 2.75) is 39.2 Å². The second-order valence-corrected chi connectivity index (χ2v) is 6.14. The van der Waals surface area contributed by atoms with Gasteiger partial charge in [-0.2, -0.15) is 0 Å². The van der Waals surface area contributed by atoms with E-state index in [4.69, 9.17) is 0 Å². The second kappa shape index (κ2) is 5.25. The van der Waals surface area contributed by atoms with E-state index in [0.29, 0.717) is 5.54 Å². The number of hydrogen-bond donors (Lipinski definition) is 2. The molecule has 0 aromatic rings. The lowest BCUT2D eigenvalue weighted by molar-refractivity contribution is 0.0883. The van der Waals surface area contributed by atoms with Crippen molar-refractivity contribution in [3.05, 3.63) is 0 Å². The molecule has 0 radical (unpaired) electrons. The number of nitrogens with zero attached hydrogens (tertiary/aromatic N) is 2. The molecule has 0 aromatic heterocycles. The van der Waals surface area contributed by atoms with Crippen molar-refractivity contribution >= 4 is 5.96 Å². The Labute approximate surface area is 105 Å². The van der Waals surface area contributed by atoms with Crippen LogP contribution in [0, 0.1) is 5.92 Å². The zero-order valence-electron chi connectivity index (χ0n) is 11.4. The van der Waals surface area contributed by atoms with Gasteiger partial charge in [-0.1, -0.05) is 0 Å². The smallest absolute Gasteiger partial charge is 0.191 e. The van der Waals surface area contributed by atoms with Gasteiger partial charge in [-0.05, 0) is 52.6 Å². The minimum Gasteiger partial charge on any atom is -0.356 e. The van der Waals surface area contributed by atoms with Crippen molar-refractivity contribution in [2.24, 2.45) is 10.9 Å². The van der Waals surface area contributed by atoms with Gasteiger partial charge in [0.05, 0.1) is 6.54 Å². The van der Waals surface area contributed by atoms with E-state index in [9.17, 15) is 0 Å². The summed E-state index contributed by atoms with van der Waals surface area (Å²) in [5.41, 5.74) is 0.329. The Morgan fingerprint density at radius 2 is 2.06 bits per heavy atom. The first-order valence-electron chi connectivity index (χ1n) is 6.83. The molecule has 0 saturated carbocycles. The maximum absolute atomic E-state index is 4.36. The van der Waals surface area contributed by atoms with Gasteiger partial charge in [0.2, 0.25) is 0 Å². The maximum atomic E-state index is 4.36. The van der Waals surface area contributed by atoms with Gasteiger partial charge in [-0.15, -0.1) is 0 Å². The van der Waals surface area contributed by atoms with Crippen LogP contribution in [0.3, 0.4) is 0 Å². The highest BCUT2D eigenvalue weighted by Gasteiger charge is 2.26. The Morgan fingerprint density at radius 1 is 1.35 bits per heavy atom. The van der Waals surface area contributed by atoms with Crippen LogP contribution in [-0.2, 0) is 0 Å². The number of nitrogens with one attached hydrogen (secondary N) is 2. The molecule has 4 nitrogen and oxygen atoms in total. The van der Waals surface area contributed by atoms with Crippen LogP contribution in [0.15, 0.2) is 4.99 Å². The fraction of sp³-hybridized carbons (Fsp3) is 0.923. The van der Waals surface area contributed by atoms with E-state index in [1.807, 2.05) is 0 Å². The van der Waals surface area contributed by atoms with Crippen LogP contribution in [0.5, 0.6) is 0 Å². The molecule has 0 aromatic carbocycles. The Morgan fingerprint density at radius 3 is 2.59 bits per heavy atom. The third-order valence-corrected chi connectivity index (χ3v) is 3.80. The summed E-state index contributed by atoms with van der Waals surface area (Å²) in [6.07, 6.45) is 2.61. The fourth-order valence-corrected chi connectivity index (χ4v) is 2.57. The molecule has 2 aliphatic heterocycles. The monoisotopic (exact) mass is 238 g/mol. The molecule has 0 aliphatic carbocycles. The molecule has 1 saturated heterocycles. The topological polar surface area (TPSA) is 39.7 Å². The fourth-order valence-electron chi connectivity index (χ4n) is 2.57. The van der Waals surface area contributed by atoms with Crippen molar-refractivity contribution in [2.75, 3.05) is 32.7 Å². The molecule has 0 bridgehead atoms. The largest absolute Gasteiger partial charge is 0.356 e. The van der Waals surface area contributed by atoms with E-state index in [0.717, 1.165) is 31.5 Å². The second-order valence-electron chi connectivity index (χ2n) is 6.14. The Hall–Kier alpha value is -0.770. The molecule has 0 unspecified atom stereocenters. The standard InChI is InChI=1S/C13H26N4/c1-13(2,3)17-8-4-11(5-9-17)10-16-12-14-6-7-15-12/h11H,4-10H2,1-3H3,(H2,14,15,16). The third kappa shape index (κ3) is 3.60. The minimum atomic E-state index is 0.329. The van der Waals surface area contributed by atoms with Gasteiger partial charge in [0.25, 0.3) is 0 Å². The molecule has 2 heterocycles. The molecule has 2 N–H and O–H groups in total. The van der Waals surface area contributed by atoms with Crippen LogP contribution in [-0.4, -0.2) is 49.1 Å². The normalized spacial score (nSPS) is 23.4. The molecular formula is C13H26N4. The highest BCUT2D eigenvalue weighted by molar-refractivity contribution is 5.81. The van der Waals surface area contributed by atoms with Crippen LogP contribution < -0.4 is 10.6 Å². The highest BCUT2D eigenvalue weighted by Crippen LogP contribution is 2.23. The van der Waals surface area contributed by atoms with Crippen LogP contribution >= 0.6 is 0 Å². The van der Waals surface area contributed by atoms with Crippen molar-refractivity contribution in [3.8, 4) is 0 Å². The predicted molar refractivity (Wildman–Crippen MR) is 72.4 cm³/mol. The van der Waals surface area contributed by atoms with Crippen molar-refractivity contribution < 1.29 is 0 Å². The van der Waals surface area contributed by atoms with Gasteiger partial charge >= 0.3 is 0 Å². The summed E-state index contributed by atoms with van der Waals surface area (Å²) in [4.78, 5) is 6.95. The van der Waals surface area contributed by atoms with E-state index in [1.54, 1.807) is 0 Å². The van der Waals surface area contributed by atoms with E-state index in [2.05, 4.69) is 41.3 Å². The van der Waals surface area contributed by atoms with E-state index < -0.39 is 0 Å². The Balaban J connectivity index is 1.68. The molecule has 17 heavy (non-hydrogen) atoms. The lowest BCUT2D eigenvalue weighted by atomic mass is 9.93. The molecule has 0 atom stereocenters. The summed E-state index contributed by atoms with van der Waals surface area (Å²) in [7, 11) is 0. The van der Waals surface area contributed by atoms with Gasteiger partial charge in [0.1, 0.15) is 0 Å². The van der Waals surface area contributed by atoms with E-state index in [1.165, 1.54) is 25.9 Å². The zero-order valence-corrected chi connectivity index (χ0v) is 11.4. The lowest BCUT2D eigenvalue weighted by Gasteiger charge is -2.41. The molecule has 98 valence electrons. The van der Waals surface area contributed by atoms with Gasteiger partial charge in [-0.3, -0.25) is 9.89 Å². The van der Waals surface area contributed by atoms with Crippen LogP contribution in [0.4, 0.5) is 0 Å². The number of likely N-dealkylation sites (tertiary alicyclic amines) is 1. The zero-order chi connectivity index (χ0) is 12.3. The lowest BCUT2D eigenvalue weighted by Crippen LogP contribution is -2.48. The van der Waals surface area contributed by atoms with E-state index >= 15 is 0 Å². The average molecular weight is 238 g/mol. The number of hydrogen-bond acceptors (Lipinski definition) is 4. The SMILES string of the molecule is CC(C)(C)N1CCC(CNC2=NCCN2)CC1. The van der Waals surface area contributed by atoms with Gasteiger partial charge in [-0.25, -0.2) is 0 Å². The number of aliphatic imine (C=N–C) groups is 1. The molecule has 1 fully saturated rings. The van der Waals surface area contributed by atoms with Gasteiger partial charge in [0, 0.05) is 18.6 Å². The third-order valence-electron chi connectivity index (χ3n) is 3.80. The van der Waals surface area contributed by atoms with E-state index in [-0.39, 0.29) is 0 Å². The summed E-state index contributed by atoms with van der Waals surface area (Å²) >= 11 is 0. The molecule has 2 aliphatic rings. The summed E-state index contributed by atoms with van der Waals surface area (Å²) in [6.45, 7) is 12.4. The minimum absolute atomic E-state index is 0.329. The van der Waals surface area contributed by atoms with Crippen LogP contribution in [0.25, 0.3) is 0 Å². The first-order valence-corrected chi connectivity index (χ1v) is 6.83. The maximum Gasteiger partial charge on any atom is 0.191 e. The predicted octanol–water partition coefficient (Wildman–Crippen LogP) is 1.05. The first kappa shape index (κ1) is 12.7. The molecule has 4 heteroatoms. The van der Waals surface area contributed by atoms with Crippen molar-refractivity contribution in [1.29, 1.82) is 0 Å². The van der Waals surface area contributed by atoms with Gasteiger partial charge in [0.15, 0.2) is 5.96 Å². The van der Waals surface area contributed by atoms with Crippen molar-refractivity contribution in [1.82, 2.24) is 15.5 Å². The quantitative estimate of drug-likeness (QED) is 0.755. The van der Waals surface area contributed by atoms with Gasteiger partial charge < -0.3 is 10.6 Å². The van der Waals surface area contributed by atoms with Crippen LogP contribution in [0.1, 0.15) is 33.6 Å². The van der Waals surface area contributed by atoms with Crippen LogP contribution in [0.2, 0.25) is 0 Å². The molecule has 0 amide bonds.